The Kier molecular flexibility index (Phi) is 5.59. The quantitative estimate of drug-likeness (QED) is 0.317. The average molecular weight is 477 g/mol. The van der Waals surface area contributed by atoms with Gasteiger partial charge in [0.25, 0.3) is 5.91 Å². The summed E-state index contributed by atoms with van der Waals surface area (Å²) in [4.78, 5) is 23.3. The number of para-hydroxylation sites is 2. The molecule has 5 rings (SSSR count). The first kappa shape index (κ1) is 21.8. The van der Waals surface area contributed by atoms with Gasteiger partial charge in [0, 0.05) is 25.2 Å². The molecule has 1 amide bonds. The number of likely N-dealkylation sites (N-methyl/N-ethyl adjacent to an activating group) is 1. The third-order valence-corrected chi connectivity index (χ3v) is 5.65. The molecule has 0 aliphatic carbocycles. The van der Waals surface area contributed by atoms with Crippen LogP contribution in [0.1, 0.15) is 6.92 Å². The van der Waals surface area contributed by atoms with Gasteiger partial charge in [-0.3, -0.25) is 9.69 Å². The van der Waals surface area contributed by atoms with Crippen molar-refractivity contribution < 1.29 is 18.7 Å². The average Bonchev–Trinajstić information content (AvgIpc) is 3.39. The Morgan fingerprint density at radius 2 is 1.76 bits per heavy atom. The molecule has 3 aromatic carbocycles. The smallest absolute Gasteiger partial charge is 0.400 e. The number of hydrogen-bond acceptors (Lipinski definition) is 6. The minimum atomic E-state index is -0.724. The van der Waals surface area contributed by atoms with Gasteiger partial charge in [0.2, 0.25) is 5.95 Å². The van der Waals surface area contributed by atoms with Crippen molar-refractivity contribution in [1.29, 1.82) is 0 Å². The topological polar surface area (TPSA) is 82.6 Å². The molecule has 2 heterocycles. The Balaban J connectivity index is 1.25. The zero-order valence-electron chi connectivity index (χ0n) is 18.7. The van der Waals surface area contributed by atoms with Gasteiger partial charge in [0.15, 0.2) is 11.7 Å². The van der Waals surface area contributed by atoms with Crippen molar-refractivity contribution in [2.24, 2.45) is 7.05 Å². The number of carbonyl (C=O) groups excluding carboxylic acids is 1. The second-order valence-electron chi connectivity index (χ2n) is 7.78. The lowest BCUT2D eigenvalue weighted by Crippen LogP contribution is -2.39. The van der Waals surface area contributed by atoms with Gasteiger partial charge in [-0.25, -0.2) is 4.98 Å². The van der Waals surface area contributed by atoms with Gasteiger partial charge in [0.1, 0.15) is 17.0 Å². The number of halogens is 1. The molecule has 0 radical (unpaired) electrons. The van der Waals surface area contributed by atoms with Gasteiger partial charge in [-0.05, 0) is 55.5 Å². The first-order valence-electron chi connectivity index (χ1n) is 10.6. The van der Waals surface area contributed by atoms with Gasteiger partial charge in [-0.15, -0.1) is 0 Å². The molecule has 172 valence electrons. The number of hydrogen-bond donors (Lipinski definition) is 0. The Bertz CT molecular complexity index is 1490. The molecule has 9 heteroatoms. The molecule has 0 fully saturated rings. The van der Waals surface area contributed by atoms with E-state index in [-0.39, 0.29) is 12.0 Å². The van der Waals surface area contributed by atoms with E-state index >= 15 is 0 Å². The van der Waals surface area contributed by atoms with Crippen molar-refractivity contribution in [1.82, 2.24) is 14.5 Å². The lowest BCUT2D eigenvalue weighted by atomic mass is 10.3. The molecule has 0 saturated carbocycles. The number of anilines is 1. The zero-order valence-corrected chi connectivity index (χ0v) is 19.5. The van der Waals surface area contributed by atoms with Crippen LogP contribution >= 0.6 is 11.6 Å². The van der Waals surface area contributed by atoms with Crippen LogP contribution in [0.2, 0.25) is 5.02 Å². The second-order valence-corrected chi connectivity index (χ2v) is 8.22. The maximum absolute atomic E-state index is 13.0. The lowest BCUT2D eigenvalue weighted by Gasteiger charge is -2.21. The molecule has 0 N–H and O–H groups in total. The number of aromatic nitrogens is 3. The maximum Gasteiger partial charge on any atom is 0.400 e. The summed E-state index contributed by atoms with van der Waals surface area (Å²) in [6.07, 6.45) is -0.614. The fourth-order valence-electron chi connectivity index (χ4n) is 3.67. The number of amides is 1. The molecule has 1 atom stereocenters. The molecular weight excluding hydrogens is 456 g/mol. The van der Waals surface area contributed by atoms with Crippen LogP contribution in [0.5, 0.6) is 17.6 Å². The Morgan fingerprint density at radius 3 is 2.53 bits per heavy atom. The van der Waals surface area contributed by atoms with Crippen LogP contribution in [0.4, 0.5) is 5.95 Å². The summed E-state index contributed by atoms with van der Waals surface area (Å²) in [5, 5.41) is 0.558. The number of ether oxygens (including phenoxy) is 2. The van der Waals surface area contributed by atoms with Gasteiger partial charge in [0.05, 0.1) is 11.0 Å². The number of oxazole rings is 1. The molecule has 0 spiro atoms. The summed E-state index contributed by atoms with van der Waals surface area (Å²) in [6, 6.07) is 19.8. The number of nitrogens with zero attached hydrogens (tertiary/aromatic N) is 4. The summed E-state index contributed by atoms with van der Waals surface area (Å²) >= 11 is 5.98. The number of rotatable bonds is 6. The van der Waals surface area contributed by atoms with Crippen molar-refractivity contribution in [2.45, 2.75) is 13.0 Å². The summed E-state index contributed by atoms with van der Waals surface area (Å²) in [5.41, 5.74) is 2.96. The van der Waals surface area contributed by atoms with Crippen molar-refractivity contribution in [3.8, 4) is 17.6 Å². The Labute approximate surface area is 200 Å². The Hall–Kier alpha value is -4.04. The number of benzene rings is 3. The monoisotopic (exact) mass is 476 g/mol. The molecule has 0 aliphatic rings. The van der Waals surface area contributed by atoms with E-state index in [9.17, 15) is 4.79 Å². The number of imidazole rings is 1. The summed E-state index contributed by atoms with van der Waals surface area (Å²) < 4.78 is 19.0. The molecule has 0 saturated heterocycles. The van der Waals surface area contributed by atoms with Crippen LogP contribution in [0.3, 0.4) is 0 Å². The van der Waals surface area contributed by atoms with Crippen molar-refractivity contribution >= 4 is 45.6 Å². The highest BCUT2D eigenvalue weighted by Crippen LogP contribution is 2.28. The van der Waals surface area contributed by atoms with Crippen molar-refractivity contribution in [3.63, 3.8) is 0 Å². The van der Waals surface area contributed by atoms with Crippen LogP contribution in [-0.4, -0.2) is 33.6 Å². The van der Waals surface area contributed by atoms with E-state index in [1.54, 1.807) is 56.4 Å². The molecule has 0 aliphatic heterocycles. The van der Waals surface area contributed by atoms with Crippen LogP contribution < -0.4 is 14.4 Å². The minimum Gasteiger partial charge on any atom is -0.481 e. The molecule has 2 aromatic heterocycles. The third kappa shape index (κ3) is 4.15. The fourth-order valence-corrected chi connectivity index (χ4v) is 3.83. The van der Waals surface area contributed by atoms with Gasteiger partial charge < -0.3 is 18.5 Å². The van der Waals surface area contributed by atoms with E-state index in [4.69, 9.17) is 25.5 Å². The Morgan fingerprint density at radius 1 is 1.03 bits per heavy atom. The summed E-state index contributed by atoms with van der Waals surface area (Å²) in [6.45, 7) is 1.70. The minimum absolute atomic E-state index is 0.110. The molecule has 8 nitrogen and oxygen atoms in total. The van der Waals surface area contributed by atoms with Gasteiger partial charge in [-0.2, -0.15) is 4.98 Å². The molecule has 0 bridgehead atoms. The number of carbonyl (C=O) groups is 1. The van der Waals surface area contributed by atoms with E-state index in [2.05, 4.69) is 9.97 Å². The van der Waals surface area contributed by atoms with Crippen LogP contribution in [0.15, 0.2) is 71.1 Å². The first-order chi connectivity index (χ1) is 16.4. The van der Waals surface area contributed by atoms with Crippen LogP contribution in [0, 0.1) is 0 Å². The predicted octanol–water partition coefficient (Wildman–Crippen LogP) is 5.59. The second kappa shape index (κ2) is 8.72. The van der Waals surface area contributed by atoms with Crippen molar-refractivity contribution in [3.05, 3.63) is 71.8 Å². The lowest BCUT2D eigenvalue weighted by molar-refractivity contribution is -0.124. The van der Waals surface area contributed by atoms with E-state index in [1.807, 2.05) is 35.9 Å². The van der Waals surface area contributed by atoms with E-state index < -0.39 is 6.10 Å². The standard InChI is InChI=1S/C25H21ClN4O4/c1-15(23(31)30(3)24-27-19-6-4-5-7-21(19)29(24)2)32-17-9-11-18(12-10-17)33-25-28-20-13-8-16(26)14-22(20)34-25/h4-15H,1-3H3/t15-/m1/s1. The maximum atomic E-state index is 13.0. The zero-order chi connectivity index (χ0) is 23.8. The van der Waals surface area contributed by atoms with Crippen molar-refractivity contribution in [2.75, 3.05) is 11.9 Å². The van der Waals surface area contributed by atoms with Gasteiger partial charge >= 0.3 is 6.08 Å². The van der Waals surface area contributed by atoms with Crippen LogP contribution in [-0.2, 0) is 11.8 Å². The fraction of sp³-hybridized carbons (Fsp3) is 0.160. The van der Waals surface area contributed by atoms with E-state index in [0.717, 1.165) is 11.0 Å². The van der Waals surface area contributed by atoms with E-state index in [1.165, 1.54) is 4.90 Å². The molecule has 0 unspecified atom stereocenters. The molecule has 5 aromatic rings. The van der Waals surface area contributed by atoms with Gasteiger partial charge in [-0.1, -0.05) is 23.7 Å². The molecule has 34 heavy (non-hydrogen) atoms. The van der Waals surface area contributed by atoms with E-state index in [0.29, 0.717) is 33.6 Å². The molecular formula is C25H21ClN4O4. The first-order valence-corrected chi connectivity index (χ1v) is 11.0. The number of aryl methyl sites for hydroxylation is 1. The summed E-state index contributed by atoms with van der Waals surface area (Å²) in [5.74, 6) is 1.37. The number of fused-ring (bicyclic) bond motifs is 2. The normalized spacial score (nSPS) is 12.1. The highest BCUT2D eigenvalue weighted by molar-refractivity contribution is 6.31. The third-order valence-electron chi connectivity index (χ3n) is 5.41. The highest BCUT2D eigenvalue weighted by atomic mass is 35.5. The highest BCUT2D eigenvalue weighted by Gasteiger charge is 2.24. The van der Waals surface area contributed by atoms with Crippen LogP contribution in [0.25, 0.3) is 22.1 Å². The predicted molar refractivity (Wildman–Crippen MR) is 130 cm³/mol. The SMILES string of the molecule is C[C@@H](Oc1ccc(Oc2nc3ccc(Cl)cc3o2)cc1)C(=O)N(C)c1nc2ccccc2n1C. The largest absolute Gasteiger partial charge is 0.481 e. The summed E-state index contributed by atoms with van der Waals surface area (Å²) in [7, 11) is 3.57.